The van der Waals surface area contributed by atoms with Crippen molar-refractivity contribution in [1.82, 2.24) is 10.2 Å². The van der Waals surface area contributed by atoms with Crippen molar-refractivity contribution in [2.75, 3.05) is 5.88 Å². The van der Waals surface area contributed by atoms with Gasteiger partial charge in [0.15, 0.2) is 0 Å². The van der Waals surface area contributed by atoms with Crippen molar-refractivity contribution in [2.24, 2.45) is 0 Å². The van der Waals surface area contributed by atoms with E-state index in [9.17, 15) is 0 Å². The predicted octanol–water partition coefficient (Wildman–Crippen LogP) is 3.18. The number of nitrogens with zero attached hydrogens (tertiary/aromatic N) is 2. The Bertz CT molecular complexity index is 479. The summed E-state index contributed by atoms with van der Waals surface area (Å²) in [6.07, 6.45) is 0.611. The Morgan fingerprint density at radius 3 is 2.53 bits per heavy atom. The molecule has 90 valence electrons. The Morgan fingerprint density at radius 1 is 1.18 bits per heavy atom. The molecule has 3 nitrogen and oxygen atoms in total. The van der Waals surface area contributed by atoms with Crippen molar-refractivity contribution >= 4 is 11.6 Å². The van der Waals surface area contributed by atoms with E-state index in [4.69, 9.17) is 16.0 Å². The number of benzene rings is 1. The van der Waals surface area contributed by atoms with Crippen LogP contribution in [0.5, 0.6) is 0 Å². The molecule has 0 N–H and O–H groups in total. The average Bonchev–Trinajstić information content (AvgIpc) is 2.80. The van der Waals surface area contributed by atoms with Crippen LogP contribution >= 0.6 is 11.6 Å². The van der Waals surface area contributed by atoms with Crippen LogP contribution in [0.3, 0.4) is 0 Å². The molecule has 2 aromatic rings. The molecule has 2 rings (SSSR count). The zero-order chi connectivity index (χ0) is 12.3. The molecular formula is C13H15ClN2O. The molecule has 4 heteroatoms. The van der Waals surface area contributed by atoms with E-state index in [0.717, 1.165) is 5.56 Å². The first-order valence-corrected chi connectivity index (χ1v) is 6.12. The van der Waals surface area contributed by atoms with E-state index in [1.54, 1.807) is 0 Å². The summed E-state index contributed by atoms with van der Waals surface area (Å²) in [6, 6.07) is 10.1. The molecule has 1 aromatic heterocycles. The van der Waals surface area contributed by atoms with Gasteiger partial charge in [-0.2, -0.15) is 0 Å². The van der Waals surface area contributed by atoms with E-state index in [2.05, 4.69) is 36.2 Å². The highest BCUT2D eigenvalue weighted by Crippen LogP contribution is 2.30. The third-order valence-electron chi connectivity index (χ3n) is 2.81. The lowest BCUT2D eigenvalue weighted by Gasteiger charge is -2.20. The summed E-state index contributed by atoms with van der Waals surface area (Å²) >= 11 is 5.65. The van der Waals surface area contributed by atoms with Crippen molar-refractivity contribution in [2.45, 2.75) is 25.7 Å². The molecule has 0 aliphatic carbocycles. The highest BCUT2D eigenvalue weighted by Gasteiger charge is 2.29. The van der Waals surface area contributed by atoms with E-state index in [0.29, 0.717) is 24.1 Å². The van der Waals surface area contributed by atoms with E-state index < -0.39 is 0 Å². The maximum atomic E-state index is 5.65. The molecule has 0 saturated carbocycles. The molecule has 0 aliphatic rings. The number of aromatic nitrogens is 2. The normalized spacial score (nSPS) is 11.7. The van der Waals surface area contributed by atoms with Gasteiger partial charge in [0.2, 0.25) is 11.8 Å². The van der Waals surface area contributed by atoms with Crippen molar-refractivity contribution in [3.63, 3.8) is 0 Å². The Morgan fingerprint density at radius 2 is 1.88 bits per heavy atom. The average molecular weight is 251 g/mol. The molecule has 1 heterocycles. The molecule has 0 radical (unpaired) electrons. The van der Waals surface area contributed by atoms with E-state index in [1.165, 1.54) is 0 Å². The largest absolute Gasteiger partial charge is 0.424 e. The van der Waals surface area contributed by atoms with Gasteiger partial charge in [-0.3, -0.25) is 0 Å². The van der Waals surface area contributed by atoms with Crippen molar-refractivity contribution in [3.8, 4) is 0 Å². The minimum Gasteiger partial charge on any atom is -0.424 e. The standard InChI is InChI=1S/C13H15ClN2O/c1-13(2,10-6-4-3-5-7-10)12-16-15-11(17-12)8-9-14/h3-7H,8-9H2,1-2H3. The second-order valence-electron chi connectivity index (χ2n) is 4.43. The highest BCUT2D eigenvalue weighted by atomic mass is 35.5. The summed E-state index contributed by atoms with van der Waals surface area (Å²) in [5.41, 5.74) is 0.875. The lowest BCUT2D eigenvalue weighted by molar-refractivity contribution is 0.390. The Kier molecular flexibility index (Phi) is 3.48. The zero-order valence-electron chi connectivity index (χ0n) is 9.98. The second-order valence-corrected chi connectivity index (χ2v) is 4.81. The maximum absolute atomic E-state index is 5.65. The van der Waals surface area contributed by atoms with Crippen LogP contribution in [0.25, 0.3) is 0 Å². The van der Waals surface area contributed by atoms with Crippen LogP contribution in [0.1, 0.15) is 31.2 Å². The topological polar surface area (TPSA) is 38.9 Å². The predicted molar refractivity (Wildman–Crippen MR) is 67.3 cm³/mol. The van der Waals surface area contributed by atoms with Gasteiger partial charge in [0.25, 0.3) is 0 Å². The van der Waals surface area contributed by atoms with Crippen LogP contribution < -0.4 is 0 Å². The fraction of sp³-hybridized carbons (Fsp3) is 0.385. The Balaban J connectivity index is 2.31. The van der Waals surface area contributed by atoms with Gasteiger partial charge >= 0.3 is 0 Å². The summed E-state index contributed by atoms with van der Waals surface area (Å²) in [6.45, 7) is 4.14. The molecule has 0 spiro atoms. The van der Waals surface area contributed by atoms with Gasteiger partial charge in [0.05, 0.1) is 5.41 Å². The number of halogens is 1. The van der Waals surface area contributed by atoms with Crippen LogP contribution in [-0.2, 0) is 11.8 Å². The van der Waals surface area contributed by atoms with Gasteiger partial charge in [-0.25, -0.2) is 0 Å². The van der Waals surface area contributed by atoms with Gasteiger partial charge in [0.1, 0.15) is 0 Å². The van der Waals surface area contributed by atoms with Gasteiger partial charge in [-0.05, 0) is 19.4 Å². The van der Waals surface area contributed by atoms with Crippen LogP contribution in [0.4, 0.5) is 0 Å². The number of hydrogen-bond donors (Lipinski definition) is 0. The first-order valence-electron chi connectivity index (χ1n) is 5.59. The van der Waals surface area contributed by atoms with Gasteiger partial charge in [-0.1, -0.05) is 30.3 Å². The first-order chi connectivity index (χ1) is 8.14. The monoisotopic (exact) mass is 250 g/mol. The SMILES string of the molecule is CC(C)(c1ccccc1)c1nnc(CCCl)o1. The van der Waals surface area contributed by atoms with Gasteiger partial charge in [-0.15, -0.1) is 21.8 Å². The molecule has 1 aromatic carbocycles. The number of hydrogen-bond acceptors (Lipinski definition) is 3. The fourth-order valence-electron chi connectivity index (χ4n) is 1.67. The quantitative estimate of drug-likeness (QED) is 0.783. The van der Waals surface area contributed by atoms with Crippen LogP contribution in [0.15, 0.2) is 34.7 Å². The molecule has 0 aliphatic heterocycles. The third-order valence-corrected chi connectivity index (χ3v) is 2.99. The van der Waals surface area contributed by atoms with Crippen molar-refractivity contribution in [1.29, 1.82) is 0 Å². The summed E-state index contributed by atoms with van der Waals surface area (Å²) in [5, 5.41) is 8.10. The van der Waals surface area contributed by atoms with Crippen molar-refractivity contribution < 1.29 is 4.42 Å². The number of alkyl halides is 1. The molecular weight excluding hydrogens is 236 g/mol. The lowest BCUT2D eigenvalue weighted by Crippen LogP contribution is -2.19. The molecule has 0 atom stereocenters. The van der Waals surface area contributed by atoms with Crippen LogP contribution in [0, 0.1) is 0 Å². The minimum absolute atomic E-state index is 0.279. The Hall–Kier alpha value is -1.35. The minimum atomic E-state index is -0.279. The Labute approximate surface area is 106 Å². The molecule has 0 fully saturated rings. The summed E-state index contributed by atoms with van der Waals surface area (Å²) in [7, 11) is 0. The molecule has 0 amide bonds. The molecule has 17 heavy (non-hydrogen) atoms. The lowest BCUT2D eigenvalue weighted by atomic mass is 9.85. The van der Waals surface area contributed by atoms with E-state index in [-0.39, 0.29) is 5.41 Å². The summed E-state index contributed by atoms with van der Waals surface area (Å²) < 4.78 is 5.64. The van der Waals surface area contributed by atoms with Gasteiger partial charge < -0.3 is 4.42 Å². The first kappa shape index (κ1) is 12.1. The van der Waals surface area contributed by atoms with Gasteiger partial charge in [0, 0.05) is 12.3 Å². The van der Waals surface area contributed by atoms with Crippen LogP contribution in [-0.4, -0.2) is 16.1 Å². The maximum Gasteiger partial charge on any atom is 0.226 e. The molecule has 0 unspecified atom stereocenters. The zero-order valence-corrected chi connectivity index (χ0v) is 10.7. The summed E-state index contributed by atoms with van der Waals surface area (Å²) in [4.78, 5) is 0. The van der Waals surface area contributed by atoms with E-state index in [1.807, 2.05) is 18.2 Å². The summed E-state index contributed by atoms with van der Waals surface area (Å²) in [5.74, 6) is 1.72. The van der Waals surface area contributed by atoms with E-state index >= 15 is 0 Å². The highest BCUT2D eigenvalue weighted by molar-refractivity contribution is 6.17. The fourth-order valence-corrected chi connectivity index (χ4v) is 1.83. The molecule has 0 saturated heterocycles. The van der Waals surface area contributed by atoms with Crippen LogP contribution in [0.2, 0.25) is 0 Å². The smallest absolute Gasteiger partial charge is 0.226 e. The second kappa shape index (κ2) is 4.88. The third kappa shape index (κ3) is 2.50. The number of aryl methyl sites for hydroxylation is 1. The number of rotatable bonds is 4. The van der Waals surface area contributed by atoms with Crippen molar-refractivity contribution in [3.05, 3.63) is 47.7 Å². The molecule has 0 bridgehead atoms.